The first-order valence-corrected chi connectivity index (χ1v) is 6.83. The van der Waals surface area contributed by atoms with Gasteiger partial charge in [0, 0.05) is 17.8 Å². The Bertz CT molecular complexity index is 627. The van der Waals surface area contributed by atoms with E-state index >= 15 is 0 Å². The largest absolute Gasteiger partial charge is 0.334 e. The molecule has 1 unspecified atom stereocenters. The summed E-state index contributed by atoms with van der Waals surface area (Å²) >= 11 is 6.00. The molecule has 0 aliphatic carbocycles. The molecule has 1 heterocycles. The number of rotatable bonds is 3. The zero-order valence-corrected chi connectivity index (χ0v) is 12.6. The predicted octanol–water partition coefficient (Wildman–Crippen LogP) is 3.88. The van der Waals surface area contributed by atoms with Gasteiger partial charge >= 0.3 is 0 Å². The fourth-order valence-electron chi connectivity index (χ4n) is 2.01. The number of carbonyl (C=O) groups excluding carboxylic acids is 1. The molecular formula is C16H17ClN2O. The fraction of sp³-hybridized carbons (Fsp3) is 0.250. The summed E-state index contributed by atoms with van der Waals surface area (Å²) in [7, 11) is 1.78. The SMILES string of the molecule is Cc1cccc(C(=O)N(C)C(C)c2cccc(Cl)c2)n1. The zero-order chi connectivity index (χ0) is 14.7. The number of hydrogen-bond donors (Lipinski definition) is 0. The van der Waals surface area contributed by atoms with E-state index in [2.05, 4.69) is 4.98 Å². The molecule has 1 amide bonds. The molecule has 0 radical (unpaired) electrons. The monoisotopic (exact) mass is 288 g/mol. The van der Waals surface area contributed by atoms with Crippen molar-refractivity contribution in [1.82, 2.24) is 9.88 Å². The minimum absolute atomic E-state index is 0.0662. The van der Waals surface area contributed by atoms with Crippen molar-refractivity contribution in [3.8, 4) is 0 Å². The van der Waals surface area contributed by atoms with Gasteiger partial charge in [0.25, 0.3) is 5.91 Å². The molecule has 3 nitrogen and oxygen atoms in total. The van der Waals surface area contributed by atoms with Gasteiger partial charge in [-0.15, -0.1) is 0 Å². The Morgan fingerprint density at radius 2 is 1.95 bits per heavy atom. The third kappa shape index (κ3) is 3.17. The predicted molar refractivity (Wildman–Crippen MR) is 80.9 cm³/mol. The van der Waals surface area contributed by atoms with Gasteiger partial charge in [-0.25, -0.2) is 4.98 Å². The molecule has 20 heavy (non-hydrogen) atoms. The average Bonchev–Trinajstić information content (AvgIpc) is 2.45. The Kier molecular flexibility index (Phi) is 4.40. The molecule has 0 spiro atoms. The van der Waals surface area contributed by atoms with Gasteiger partial charge in [0.2, 0.25) is 0 Å². The summed E-state index contributed by atoms with van der Waals surface area (Å²) < 4.78 is 0. The van der Waals surface area contributed by atoms with Crippen LogP contribution in [0.4, 0.5) is 0 Å². The molecule has 1 aromatic heterocycles. The van der Waals surface area contributed by atoms with Gasteiger partial charge in [0.15, 0.2) is 0 Å². The van der Waals surface area contributed by atoms with Crippen LogP contribution in [0.3, 0.4) is 0 Å². The number of nitrogens with zero attached hydrogens (tertiary/aromatic N) is 2. The Labute approximate surface area is 124 Å². The van der Waals surface area contributed by atoms with Crippen LogP contribution >= 0.6 is 11.6 Å². The first kappa shape index (κ1) is 14.5. The maximum Gasteiger partial charge on any atom is 0.272 e. The maximum atomic E-state index is 12.4. The number of amides is 1. The Hall–Kier alpha value is -1.87. The quantitative estimate of drug-likeness (QED) is 0.859. The van der Waals surface area contributed by atoms with Gasteiger partial charge in [-0.3, -0.25) is 4.79 Å². The number of halogens is 1. The first-order chi connectivity index (χ1) is 9.49. The minimum atomic E-state index is -0.0961. The maximum absolute atomic E-state index is 12.4. The van der Waals surface area contributed by atoms with E-state index in [1.807, 2.05) is 50.2 Å². The summed E-state index contributed by atoms with van der Waals surface area (Å²) in [6.45, 7) is 3.84. The number of benzene rings is 1. The third-order valence-electron chi connectivity index (χ3n) is 3.34. The molecule has 0 aliphatic heterocycles. The molecule has 0 fully saturated rings. The van der Waals surface area contributed by atoms with Gasteiger partial charge in [-0.1, -0.05) is 29.8 Å². The number of hydrogen-bond acceptors (Lipinski definition) is 2. The molecule has 0 aliphatic rings. The van der Waals surface area contributed by atoms with Crippen molar-refractivity contribution in [2.45, 2.75) is 19.9 Å². The van der Waals surface area contributed by atoms with E-state index < -0.39 is 0 Å². The van der Waals surface area contributed by atoms with Crippen LogP contribution in [0.25, 0.3) is 0 Å². The smallest absolute Gasteiger partial charge is 0.272 e. The zero-order valence-electron chi connectivity index (χ0n) is 11.8. The van der Waals surface area contributed by atoms with Gasteiger partial charge in [0.05, 0.1) is 6.04 Å². The second kappa shape index (κ2) is 6.06. The highest BCUT2D eigenvalue weighted by molar-refractivity contribution is 6.30. The van der Waals surface area contributed by atoms with Gasteiger partial charge in [-0.2, -0.15) is 0 Å². The Morgan fingerprint density at radius 1 is 1.25 bits per heavy atom. The summed E-state index contributed by atoms with van der Waals surface area (Å²) in [6, 6.07) is 12.9. The fourth-order valence-corrected chi connectivity index (χ4v) is 2.21. The molecule has 1 atom stereocenters. The van der Waals surface area contributed by atoms with Crippen molar-refractivity contribution in [2.24, 2.45) is 0 Å². The van der Waals surface area contributed by atoms with E-state index in [1.54, 1.807) is 18.0 Å². The van der Waals surface area contributed by atoms with Crippen LogP contribution in [-0.4, -0.2) is 22.8 Å². The lowest BCUT2D eigenvalue weighted by Crippen LogP contribution is -2.30. The summed E-state index contributed by atoms with van der Waals surface area (Å²) in [6.07, 6.45) is 0. The number of aryl methyl sites for hydroxylation is 1. The van der Waals surface area contributed by atoms with E-state index in [0.29, 0.717) is 10.7 Å². The van der Waals surface area contributed by atoms with Crippen molar-refractivity contribution in [3.05, 3.63) is 64.4 Å². The van der Waals surface area contributed by atoms with Gasteiger partial charge in [0.1, 0.15) is 5.69 Å². The molecule has 4 heteroatoms. The second-order valence-electron chi connectivity index (χ2n) is 4.81. The van der Waals surface area contributed by atoms with Crippen LogP contribution in [0.5, 0.6) is 0 Å². The molecular weight excluding hydrogens is 272 g/mol. The van der Waals surface area contributed by atoms with Crippen molar-refractivity contribution >= 4 is 17.5 Å². The van der Waals surface area contributed by atoms with E-state index in [-0.39, 0.29) is 11.9 Å². The highest BCUT2D eigenvalue weighted by Crippen LogP contribution is 2.23. The average molecular weight is 289 g/mol. The molecule has 1 aromatic carbocycles. The summed E-state index contributed by atoms with van der Waals surface area (Å²) in [5.41, 5.74) is 2.29. The van der Waals surface area contributed by atoms with Crippen molar-refractivity contribution in [2.75, 3.05) is 7.05 Å². The van der Waals surface area contributed by atoms with E-state index in [1.165, 1.54) is 0 Å². The van der Waals surface area contributed by atoms with Crippen molar-refractivity contribution in [1.29, 1.82) is 0 Å². The lowest BCUT2D eigenvalue weighted by molar-refractivity contribution is 0.0736. The van der Waals surface area contributed by atoms with E-state index in [0.717, 1.165) is 11.3 Å². The normalized spacial score (nSPS) is 12.0. The number of aromatic nitrogens is 1. The van der Waals surface area contributed by atoms with E-state index in [9.17, 15) is 4.79 Å². The topological polar surface area (TPSA) is 33.2 Å². The van der Waals surface area contributed by atoms with Crippen molar-refractivity contribution in [3.63, 3.8) is 0 Å². The van der Waals surface area contributed by atoms with Crippen LogP contribution < -0.4 is 0 Å². The van der Waals surface area contributed by atoms with Gasteiger partial charge < -0.3 is 4.90 Å². The second-order valence-corrected chi connectivity index (χ2v) is 5.25. The molecule has 2 rings (SSSR count). The minimum Gasteiger partial charge on any atom is -0.334 e. The molecule has 0 N–H and O–H groups in total. The van der Waals surface area contributed by atoms with Crippen LogP contribution in [0.15, 0.2) is 42.5 Å². The van der Waals surface area contributed by atoms with Crippen LogP contribution in [0.1, 0.15) is 34.7 Å². The van der Waals surface area contributed by atoms with E-state index in [4.69, 9.17) is 11.6 Å². The van der Waals surface area contributed by atoms with Crippen LogP contribution in [-0.2, 0) is 0 Å². The summed E-state index contributed by atoms with van der Waals surface area (Å²) in [4.78, 5) is 18.4. The highest BCUT2D eigenvalue weighted by Gasteiger charge is 2.20. The molecule has 0 bridgehead atoms. The lowest BCUT2D eigenvalue weighted by Gasteiger charge is -2.25. The third-order valence-corrected chi connectivity index (χ3v) is 3.57. The standard InChI is InChI=1S/C16H17ClN2O/c1-11-6-4-9-15(18-11)16(20)19(3)12(2)13-7-5-8-14(17)10-13/h4-10,12H,1-3H3. The molecule has 2 aromatic rings. The summed E-state index contributed by atoms with van der Waals surface area (Å²) in [5.74, 6) is -0.0961. The van der Waals surface area contributed by atoms with Gasteiger partial charge in [-0.05, 0) is 43.7 Å². The first-order valence-electron chi connectivity index (χ1n) is 6.45. The highest BCUT2D eigenvalue weighted by atomic mass is 35.5. The molecule has 0 saturated heterocycles. The van der Waals surface area contributed by atoms with Crippen molar-refractivity contribution < 1.29 is 4.79 Å². The lowest BCUT2D eigenvalue weighted by atomic mass is 10.1. The summed E-state index contributed by atoms with van der Waals surface area (Å²) in [5, 5.41) is 0.670. The van der Waals surface area contributed by atoms with Crippen LogP contribution in [0, 0.1) is 6.92 Å². The molecule has 104 valence electrons. The number of carbonyl (C=O) groups is 1. The Morgan fingerprint density at radius 3 is 2.60 bits per heavy atom. The number of pyridine rings is 1. The van der Waals surface area contributed by atoms with Crippen LogP contribution in [0.2, 0.25) is 5.02 Å². The molecule has 0 saturated carbocycles. The Balaban J connectivity index is 2.22.